The minimum absolute atomic E-state index is 0.0504. The van der Waals surface area contributed by atoms with E-state index in [1.165, 1.54) is 7.11 Å². The van der Waals surface area contributed by atoms with Gasteiger partial charge in [-0.1, -0.05) is 0 Å². The first kappa shape index (κ1) is 16.4. The summed E-state index contributed by atoms with van der Waals surface area (Å²) in [7, 11) is -2.01. The maximum atomic E-state index is 11.6. The Hall–Kier alpha value is -0.700. The van der Waals surface area contributed by atoms with Gasteiger partial charge in [0.15, 0.2) is 0 Å². The average molecular weight is 294 g/mol. The molecule has 0 aliphatic carbocycles. The number of ether oxygens (including phenoxy) is 2. The van der Waals surface area contributed by atoms with E-state index in [9.17, 15) is 13.2 Å². The van der Waals surface area contributed by atoms with Crippen LogP contribution in [-0.2, 0) is 24.3 Å². The number of sulfonamides is 1. The number of nitrogens with zero attached hydrogens (tertiary/aromatic N) is 1. The van der Waals surface area contributed by atoms with Crippen LogP contribution in [0.25, 0.3) is 0 Å². The van der Waals surface area contributed by atoms with Crippen molar-refractivity contribution in [2.24, 2.45) is 0 Å². The quantitative estimate of drug-likeness (QED) is 0.590. The lowest BCUT2D eigenvalue weighted by atomic mass is 10.3. The lowest BCUT2D eigenvalue weighted by Gasteiger charge is -2.26. The number of nitrogens with one attached hydrogen (secondary N) is 1. The molecule has 0 saturated carbocycles. The number of hydrogen-bond donors (Lipinski definition) is 1. The Balaban J connectivity index is 2.13. The summed E-state index contributed by atoms with van der Waals surface area (Å²) in [5.41, 5.74) is 0. The van der Waals surface area contributed by atoms with Gasteiger partial charge >= 0.3 is 5.97 Å². The Labute approximate surface area is 114 Å². The van der Waals surface area contributed by atoms with Crippen LogP contribution in [-0.4, -0.2) is 71.5 Å². The van der Waals surface area contributed by atoms with Gasteiger partial charge < -0.3 is 9.47 Å². The van der Waals surface area contributed by atoms with E-state index in [-0.39, 0.29) is 24.6 Å². The maximum Gasteiger partial charge on any atom is 0.305 e. The van der Waals surface area contributed by atoms with Gasteiger partial charge in [-0.15, -0.1) is 0 Å². The van der Waals surface area contributed by atoms with E-state index in [1.54, 1.807) is 0 Å². The molecule has 0 aromatic rings. The summed E-state index contributed by atoms with van der Waals surface area (Å²) in [4.78, 5) is 13.0. The zero-order chi connectivity index (χ0) is 14.1. The summed E-state index contributed by atoms with van der Waals surface area (Å²) < 4.78 is 35.5. The second kappa shape index (κ2) is 8.47. The molecule has 0 amide bonds. The fraction of sp³-hybridized carbons (Fsp3) is 0.909. The van der Waals surface area contributed by atoms with Crippen LogP contribution < -0.4 is 4.72 Å². The van der Waals surface area contributed by atoms with Crippen molar-refractivity contribution in [1.29, 1.82) is 0 Å². The number of carbonyl (C=O) groups is 1. The van der Waals surface area contributed by atoms with Crippen LogP contribution in [0, 0.1) is 0 Å². The predicted molar refractivity (Wildman–Crippen MR) is 70.3 cm³/mol. The zero-order valence-corrected chi connectivity index (χ0v) is 12.1. The van der Waals surface area contributed by atoms with Crippen molar-refractivity contribution in [2.75, 3.05) is 52.3 Å². The van der Waals surface area contributed by atoms with Crippen LogP contribution in [0.1, 0.15) is 12.8 Å². The summed E-state index contributed by atoms with van der Waals surface area (Å²) in [5.74, 6) is -0.436. The summed E-state index contributed by atoms with van der Waals surface area (Å²) in [6, 6.07) is 0. The summed E-state index contributed by atoms with van der Waals surface area (Å²) in [6.45, 7) is 4.14. The Bertz CT molecular complexity index is 365. The Morgan fingerprint density at radius 3 is 2.68 bits per heavy atom. The fourth-order valence-electron chi connectivity index (χ4n) is 1.76. The molecule has 0 unspecified atom stereocenters. The van der Waals surface area contributed by atoms with Crippen LogP contribution >= 0.6 is 0 Å². The normalized spacial score (nSPS) is 17.3. The van der Waals surface area contributed by atoms with Crippen LogP contribution in [0.4, 0.5) is 0 Å². The molecule has 112 valence electrons. The smallest absolute Gasteiger partial charge is 0.305 e. The van der Waals surface area contributed by atoms with Gasteiger partial charge in [0.1, 0.15) is 0 Å². The predicted octanol–water partition coefficient (Wildman–Crippen LogP) is -0.809. The maximum absolute atomic E-state index is 11.6. The van der Waals surface area contributed by atoms with E-state index in [0.717, 1.165) is 13.1 Å². The third kappa shape index (κ3) is 7.46. The first-order valence-electron chi connectivity index (χ1n) is 6.38. The first-order valence-corrected chi connectivity index (χ1v) is 8.03. The number of hydrogen-bond acceptors (Lipinski definition) is 6. The zero-order valence-electron chi connectivity index (χ0n) is 11.3. The van der Waals surface area contributed by atoms with Crippen molar-refractivity contribution in [1.82, 2.24) is 9.62 Å². The standard InChI is InChI=1S/C11H22N2O5S/c1-17-11(14)3-2-10-19(15,16)12-4-5-13-6-8-18-9-7-13/h12H,2-10H2,1H3. The molecule has 1 heterocycles. The van der Waals surface area contributed by atoms with Gasteiger partial charge in [-0.05, 0) is 6.42 Å². The van der Waals surface area contributed by atoms with Gasteiger partial charge in [0.2, 0.25) is 10.0 Å². The highest BCUT2D eigenvalue weighted by Gasteiger charge is 2.13. The van der Waals surface area contributed by atoms with E-state index < -0.39 is 10.0 Å². The molecule has 0 aromatic carbocycles. The van der Waals surface area contributed by atoms with E-state index in [1.807, 2.05) is 0 Å². The summed E-state index contributed by atoms with van der Waals surface area (Å²) in [5, 5.41) is 0. The minimum atomic E-state index is -3.30. The molecule has 8 heteroatoms. The molecule has 1 rings (SSSR count). The number of carbonyl (C=O) groups excluding carboxylic acids is 1. The highest BCUT2D eigenvalue weighted by Crippen LogP contribution is 1.98. The van der Waals surface area contributed by atoms with Crippen molar-refractivity contribution >= 4 is 16.0 Å². The fourth-order valence-corrected chi connectivity index (χ4v) is 2.84. The minimum Gasteiger partial charge on any atom is -0.469 e. The third-order valence-electron chi connectivity index (χ3n) is 2.88. The number of methoxy groups -OCH3 is 1. The van der Waals surface area contributed by atoms with Gasteiger partial charge in [-0.25, -0.2) is 13.1 Å². The van der Waals surface area contributed by atoms with Crippen molar-refractivity contribution in [3.05, 3.63) is 0 Å². The lowest BCUT2D eigenvalue weighted by molar-refractivity contribution is -0.140. The third-order valence-corrected chi connectivity index (χ3v) is 4.35. The lowest BCUT2D eigenvalue weighted by Crippen LogP contribution is -2.41. The second-order valence-electron chi connectivity index (χ2n) is 4.35. The van der Waals surface area contributed by atoms with E-state index in [0.29, 0.717) is 26.3 Å². The molecule has 0 bridgehead atoms. The second-order valence-corrected chi connectivity index (χ2v) is 6.27. The van der Waals surface area contributed by atoms with Gasteiger partial charge in [0.25, 0.3) is 0 Å². The van der Waals surface area contributed by atoms with Gasteiger partial charge in [0, 0.05) is 32.6 Å². The highest BCUT2D eigenvalue weighted by atomic mass is 32.2. The molecule has 19 heavy (non-hydrogen) atoms. The van der Waals surface area contributed by atoms with E-state index >= 15 is 0 Å². The molecule has 0 radical (unpaired) electrons. The molecule has 1 saturated heterocycles. The molecule has 1 fully saturated rings. The summed E-state index contributed by atoms with van der Waals surface area (Å²) in [6.07, 6.45) is 0.403. The molecular weight excluding hydrogens is 272 g/mol. The molecule has 1 aliphatic rings. The first-order chi connectivity index (χ1) is 9.03. The van der Waals surface area contributed by atoms with Crippen LogP contribution in [0.15, 0.2) is 0 Å². The molecule has 1 aliphatic heterocycles. The number of morpholine rings is 1. The Morgan fingerprint density at radius 1 is 1.37 bits per heavy atom. The number of esters is 1. The van der Waals surface area contributed by atoms with Crippen molar-refractivity contribution in [3.63, 3.8) is 0 Å². The summed E-state index contributed by atoms with van der Waals surface area (Å²) >= 11 is 0. The van der Waals surface area contributed by atoms with E-state index in [2.05, 4.69) is 14.4 Å². The van der Waals surface area contributed by atoms with Crippen molar-refractivity contribution < 1.29 is 22.7 Å². The van der Waals surface area contributed by atoms with Gasteiger partial charge in [-0.3, -0.25) is 9.69 Å². The van der Waals surface area contributed by atoms with Crippen LogP contribution in [0.5, 0.6) is 0 Å². The Morgan fingerprint density at radius 2 is 2.05 bits per heavy atom. The molecular formula is C11H22N2O5S. The molecule has 1 N–H and O–H groups in total. The van der Waals surface area contributed by atoms with Crippen molar-refractivity contribution in [2.45, 2.75) is 12.8 Å². The molecule has 0 spiro atoms. The van der Waals surface area contributed by atoms with Gasteiger partial charge in [-0.2, -0.15) is 0 Å². The SMILES string of the molecule is COC(=O)CCCS(=O)(=O)NCCN1CCOCC1. The Kier molecular flexibility index (Phi) is 7.29. The van der Waals surface area contributed by atoms with Crippen LogP contribution in [0.3, 0.4) is 0 Å². The van der Waals surface area contributed by atoms with Crippen LogP contribution in [0.2, 0.25) is 0 Å². The molecule has 0 aromatic heterocycles. The highest BCUT2D eigenvalue weighted by molar-refractivity contribution is 7.89. The largest absolute Gasteiger partial charge is 0.469 e. The topological polar surface area (TPSA) is 84.9 Å². The molecule has 0 atom stereocenters. The molecule has 7 nitrogen and oxygen atoms in total. The van der Waals surface area contributed by atoms with E-state index in [4.69, 9.17) is 4.74 Å². The van der Waals surface area contributed by atoms with Gasteiger partial charge in [0.05, 0.1) is 26.1 Å². The number of rotatable bonds is 8. The monoisotopic (exact) mass is 294 g/mol. The van der Waals surface area contributed by atoms with Crippen molar-refractivity contribution in [3.8, 4) is 0 Å². The average Bonchev–Trinajstić information content (AvgIpc) is 2.39.